The van der Waals surface area contributed by atoms with Crippen molar-refractivity contribution in [1.82, 2.24) is 5.32 Å². The van der Waals surface area contributed by atoms with Crippen LogP contribution in [0, 0.1) is 11.3 Å². The van der Waals surface area contributed by atoms with Gasteiger partial charge in [0, 0.05) is 6.42 Å². The van der Waals surface area contributed by atoms with E-state index in [4.69, 9.17) is 10.9 Å². The van der Waals surface area contributed by atoms with Crippen LogP contribution in [0.4, 0.5) is 0 Å². The zero-order valence-corrected chi connectivity index (χ0v) is 10.9. The van der Waals surface area contributed by atoms with Crippen LogP contribution in [0.2, 0.25) is 0 Å². The number of nitrogens with two attached hydrogens (primary N) is 1. The molecule has 0 radical (unpaired) electrons. The number of amidine groups is 1. The van der Waals surface area contributed by atoms with Gasteiger partial charge in [-0.15, -0.1) is 0 Å². The van der Waals surface area contributed by atoms with Crippen molar-refractivity contribution in [3.8, 4) is 0 Å². The van der Waals surface area contributed by atoms with Gasteiger partial charge in [0.2, 0.25) is 5.91 Å². The van der Waals surface area contributed by atoms with Crippen LogP contribution in [0.5, 0.6) is 0 Å². The van der Waals surface area contributed by atoms with Crippen molar-refractivity contribution in [2.75, 3.05) is 0 Å². The number of carbonyl (C=O) groups is 1. The summed E-state index contributed by atoms with van der Waals surface area (Å²) < 4.78 is 0. The third-order valence-corrected chi connectivity index (χ3v) is 2.95. The maximum Gasteiger partial charge on any atom is 0.220 e. The Labute approximate surface area is 102 Å². The molecule has 0 spiro atoms. The average Bonchev–Trinajstić information content (AvgIpc) is 3.04. The van der Waals surface area contributed by atoms with Crippen molar-refractivity contribution in [3.63, 3.8) is 0 Å². The largest absolute Gasteiger partial charge is 0.409 e. The van der Waals surface area contributed by atoms with Crippen LogP contribution in [0.25, 0.3) is 0 Å². The molecule has 0 aromatic carbocycles. The Hall–Kier alpha value is -1.26. The fraction of sp³-hybridized carbons (Fsp3) is 0.833. The number of oxime groups is 1. The highest BCUT2D eigenvalue weighted by Gasteiger charge is 2.35. The quantitative estimate of drug-likeness (QED) is 0.295. The van der Waals surface area contributed by atoms with E-state index in [2.05, 4.69) is 31.2 Å². The molecule has 1 amide bonds. The summed E-state index contributed by atoms with van der Waals surface area (Å²) in [6, 6.07) is -0.299. The van der Waals surface area contributed by atoms with Crippen LogP contribution in [0.15, 0.2) is 5.16 Å². The third-order valence-electron chi connectivity index (χ3n) is 2.95. The summed E-state index contributed by atoms with van der Waals surface area (Å²) in [5.74, 6) is 0.421. The average molecular weight is 241 g/mol. The number of nitrogens with one attached hydrogen (secondary N) is 1. The second-order valence-corrected chi connectivity index (χ2v) is 5.97. The lowest BCUT2D eigenvalue weighted by Crippen LogP contribution is -2.46. The highest BCUT2D eigenvalue weighted by molar-refractivity contribution is 5.90. The molecule has 1 rings (SSSR count). The van der Waals surface area contributed by atoms with Crippen molar-refractivity contribution < 1.29 is 10.0 Å². The molecule has 1 aliphatic carbocycles. The Balaban J connectivity index is 2.42. The number of carbonyl (C=O) groups excluding carboxylic acids is 1. The molecule has 0 aromatic rings. The number of hydrogen-bond acceptors (Lipinski definition) is 3. The number of hydrogen-bond donors (Lipinski definition) is 3. The van der Waals surface area contributed by atoms with Crippen LogP contribution >= 0.6 is 0 Å². The molecule has 4 N–H and O–H groups in total. The first-order chi connectivity index (χ1) is 7.83. The Morgan fingerprint density at radius 3 is 2.53 bits per heavy atom. The van der Waals surface area contributed by atoms with Gasteiger partial charge in [-0.1, -0.05) is 25.9 Å². The summed E-state index contributed by atoms with van der Waals surface area (Å²) in [6.07, 6.45) is 3.36. The van der Waals surface area contributed by atoms with Crippen LogP contribution in [-0.4, -0.2) is 23.0 Å². The molecule has 0 aliphatic heterocycles. The van der Waals surface area contributed by atoms with Gasteiger partial charge >= 0.3 is 0 Å². The fourth-order valence-corrected chi connectivity index (χ4v) is 1.66. The van der Waals surface area contributed by atoms with Gasteiger partial charge in [0.1, 0.15) is 0 Å². The second kappa shape index (κ2) is 5.38. The van der Waals surface area contributed by atoms with E-state index in [1.807, 2.05) is 0 Å². The first-order valence-corrected chi connectivity index (χ1v) is 6.10. The topological polar surface area (TPSA) is 87.7 Å². The SMILES string of the molecule is CC(C)(C)CCC(=O)NC(C(N)=NO)C1CC1. The Bertz CT molecular complexity index is 303. The molecule has 5 nitrogen and oxygen atoms in total. The zero-order chi connectivity index (χ0) is 13.1. The van der Waals surface area contributed by atoms with E-state index in [1.54, 1.807) is 0 Å². The maximum absolute atomic E-state index is 11.7. The van der Waals surface area contributed by atoms with Crippen molar-refractivity contribution in [3.05, 3.63) is 0 Å². The van der Waals surface area contributed by atoms with E-state index in [1.165, 1.54) is 0 Å². The highest BCUT2D eigenvalue weighted by atomic mass is 16.4. The van der Waals surface area contributed by atoms with Crippen LogP contribution in [0.3, 0.4) is 0 Å². The van der Waals surface area contributed by atoms with Crippen molar-refractivity contribution in [2.45, 2.75) is 52.5 Å². The van der Waals surface area contributed by atoms with Crippen LogP contribution in [-0.2, 0) is 4.79 Å². The molecule has 98 valence electrons. The summed E-state index contributed by atoms with van der Waals surface area (Å²) in [4.78, 5) is 11.7. The molecular weight excluding hydrogens is 218 g/mol. The second-order valence-electron chi connectivity index (χ2n) is 5.97. The lowest BCUT2D eigenvalue weighted by atomic mass is 9.90. The van der Waals surface area contributed by atoms with E-state index in [-0.39, 0.29) is 23.2 Å². The van der Waals surface area contributed by atoms with Gasteiger partial charge in [-0.3, -0.25) is 4.79 Å². The Kier molecular flexibility index (Phi) is 4.37. The van der Waals surface area contributed by atoms with Gasteiger partial charge in [-0.25, -0.2) is 0 Å². The van der Waals surface area contributed by atoms with Gasteiger partial charge < -0.3 is 16.3 Å². The monoisotopic (exact) mass is 241 g/mol. The summed E-state index contributed by atoms with van der Waals surface area (Å²) in [7, 11) is 0. The number of nitrogens with zero attached hydrogens (tertiary/aromatic N) is 1. The third kappa shape index (κ3) is 5.06. The van der Waals surface area contributed by atoms with Gasteiger partial charge in [-0.05, 0) is 30.6 Å². The molecule has 17 heavy (non-hydrogen) atoms. The van der Waals surface area contributed by atoms with Crippen molar-refractivity contribution >= 4 is 11.7 Å². The molecular formula is C12H23N3O2. The molecule has 1 fully saturated rings. The minimum atomic E-state index is -0.299. The molecule has 0 saturated heterocycles. The number of amides is 1. The maximum atomic E-state index is 11.7. The predicted octanol–water partition coefficient (Wildman–Crippen LogP) is 1.45. The molecule has 1 unspecified atom stereocenters. The van der Waals surface area contributed by atoms with Crippen LogP contribution < -0.4 is 11.1 Å². The van der Waals surface area contributed by atoms with Gasteiger partial charge in [0.15, 0.2) is 5.84 Å². The Morgan fingerprint density at radius 1 is 1.53 bits per heavy atom. The summed E-state index contributed by atoms with van der Waals surface area (Å²) >= 11 is 0. The van der Waals surface area contributed by atoms with Crippen LogP contribution in [0.1, 0.15) is 46.5 Å². The minimum absolute atomic E-state index is 0.0246. The van der Waals surface area contributed by atoms with E-state index >= 15 is 0 Å². The van der Waals surface area contributed by atoms with E-state index < -0.39 is 0 Å². The zero-order valence-electron chi connectivity index (χ0n) is 10.9. The molecule has 1 atom stereocenters. The molecule has 5 heteroatoms. The summed E-state index contributed by atoms with van der Waals surface area (Å²) in [5.41, 5.74) is 5.72. The number of rotatable bonds is 5. The summed E-state index contributed by atoms with van der Waals surface area (Å²) in [5, 5.41) is 14.5. The highest BCUT2D eigenvalue weighted by Crippen LogP contribution is 2.32. The normalized spacial score (nSPS) is 18.9. The minimum Gasteiger partial charge on any atom is -0.409 e. The summed E-state index contributed by atoms with van der Waals surface area (Å²) in [6.45, 7) is 6.30. The molecule has 1 aliphatic rings. The van der Waals surface area contributed by atoms with E-state index in [0.717, 1.165) is 19.3 Å². The van der Waals surface area contributed by atoms with Crippen molar-refractivity contribution in [2.24, 2.45) is 22.2 Å². The Morgan fingerprint density at radius 2 is 2.12 bits per heavy atom. The smallest absolute Gasteiger partial charge is 0.220 e. The van der Waals surface area contributed by atoms with Gasteiger partial charge in [0.25, 0.3) is 0 Å². The lowest BCUT2D eigenvalue weighted by molar-refractivity contribution is -0.122. The first-order valence-electron chi connectivity index (χ1n) is 6.10. The predicted molar refractivity (Wildman–Crippen MR) is 66.8 cm³/mol. The first kappa shape index (κ1) is 13.8. The van der Waals surface area contributed by atoms with Crippen molar-refractivity contribution in [1.29, 1.82) is 0 Å². The van der Waals surface area contributed by atoms with Gasteiger partial charge in [0.05, 0.1) is 6.04 Å². The standard InChI is InChI=1S/C12H23N3O2/c1-12(2,3)7-6-9(16)14-10(8-4-5-8)11(13)15-17/h8,10,17H,4-7H2,1-3H3,(H2,13,15)(H,14,16). The van der Waals surface area contributed by atoms with Gasteiger partial charge in [-0.2, -0.15) is 0 Å². The fourth-order valence-electron chi connectivity index (χ4n) is 1.66. The molecule has 0 heterocycles. The lowest BCUT2D eigenvalue weighted by Gasteiger charge is -2.20. The molecule has 0 bridgehead atoms. The van der Waals surface area contributed by atoms with E-state index in [0.29, 0.717) is 12.3 Å². The molecule has 0 aromatic heterocycles. The van der Waals surface area contributed by atoms with E-state index in [9.17, 15) is 4.79 Å². The molecule has 1 saturated carbocycles.